The van der Waals surface area contributed by atoms with Crippen LogP contribution in [0.2, 0.25) is 0 Å². The van der Waals surface area contributed by atoms with Crippen LogP contribution in [-0.4, -0.2) is 85.9 Å². The molecular weight excluding hydrogens is 548 g/mol. The Balaban J connectivity index is 1.53. The molecule has 2 N–H and O–H groups in total. The van der Waals surface area contributed by atoms with Crippen molar-refractivity contribution in [3.8, 4) is 11.5 Å². The van der Waals surface area contributed by atoms with E-state index in [1.165, 1.54) is 9.80 Å². The highest BCUT2D eigenvalue weighted by molar-refractivity contribution is 5.99. The quantitative estimate of drug-likeness (QED) is 0.440. The molecule has 0 saturated heterocycles. The van der Waals surface area contributed by atoms with Gasteiger partial charge in [-0.2, -0.15) is 0 Å². The lowest BCUT2D eigenvalue weighted by Crippen LogP contribution is -2.50. The van der Waals surface area contributed by atoms with E-state index in [2.05, 4.69) is 10.6 Å². The smallest absolute Gasteiger partial charge is 0.255 e. The number of hydrogen-bond donors (Lipinski definition) is 2. The zero-order valence-corrected chi connectivity index (χ0v) is 24.5. The summed E-state index contributed by atoms with van der Waals surface area (Å²) in [6.45, 7) is 0.894. The second-order valence-corrected chi connectivity index (χ2v) is 10.4. The summed E-state index contributed by atoms with van der Waals surface area (Å²) in [7, 11) is 3.28. The third kappa shape index (κ3) is 9.06. The van der Waals surface area contributed by atoms with Crippen molar-refractivity contribution >= 4 is 23.6 Å². The lowest BCUT2D eigenvalue weighted by atomic mass is 10.0. The molecular formula is C33H38N4O6. The van der Waals surface area contributed by atoms with E-state index in [0.29, 0.717) is 17.9 Å². The third-order valence-corrected chi connectivity index (χ3v) is 7.19. The maximum Gasteiger partial charge on any atom is 0.255 e. The van der Waals surface area contributed by atoms with Crippen LogP contribution in [0, 0.1) is 0 Å². The Labute approximate surface area is 252 Å². The Bertz CT molecular complexity index is 1380. The van der Waals surface area contributed by atoms with Crippen LogP contribution in [0.4, 0.5) is 0 Å². The van der Waals surface area contributed by atoms with Crippen molar-refractivity contribution in [2.75, 3.05) is 40.4 Å². The zero-order valence-electron chi connectivity index (χ0n) is 24.5. The third-order valence-electron chi connectivity index (χ3n) is 7.19. The van der Waals surface area contributed by atoms with Gasteiger partial charge in [-0.1, -0.05) is 60.7 Å². The number of carbonyl (C=O) groups excluding carboxylic acids is 4. The first-order valence-electron chi connectivity index (χ1n) is 14.4. The van der Waals surface area contributed by atoms with Crippen molar-refractivity contribution in [3.63, 3.8) is 0 Å². The van der Waals surface area contributed by atoms with E-state index >= 15 is 0 Å². The van der Waals surface area contributed by atoms with E-state index in [9.17, 15) is 19.2 Å². The molecule has 0 fully saturated rings. The van der Waals surface area contributed by atoms with Crippen molar-refractivity contribution in [1.29, 1.82) is 0 Å². The number of hydrogen-bond acceptors (Lipinski definition) is 6. The molecule has 43 heavy (non-hydrogen) atoms. The first-order chi connectivity index (χ1) is 20.8. The summed E-state index contributed by atoms with van der Waals surface area (Å²) in [5.74, 6) is -0.493. The average molecular weight is 587 g/mol. The molecule has 0 aromatic heterocycles. The summed E-state index contributed by atoms with van der Waals surface area (Å²) >= 11 is 0. The van der Waals surface area contributed by atoms with Crippen molar-refractivity contribution in [1.82, 2.24) is 20.4 Å². The maximum absolute atomic E-state index is 13.5. The van der Waals surface area contributed by atoms with E-state index < -0.39 is 23.9 Å². The Morgan fingerprint density at radius 1 is 0.953 bits per heavy atom. The van der Waals surface area contributed by atoms with Crippen LogP contribution in [0.15, 0.2) is 84.9 Å². The van der Waals surface area contributed by atoms with E-state index in [1.807, 2.05) is 60.7 Å². The number of carbonyl (C=O) groups is 4. The Morgan fingerprint density at radius 3 is 2.37 bits per heavy atom. The predicted molar refractivity (Wildman–Crippen MR) is 162 cm³/mol. The van der Waals surface area contributed by atoms with Crippen molar-refractivity contribution in [2.45, 2.75) is 31.3 Å². The van der Waals surface area contributed by atoms with Gasteiger partial charge in [-0.15, -0.1) is 0 Å². The molecule has 0 aliphatic carbocycles. The second kappa shape index (κ2) is 15.4. The molecule has 0 spiro atoms. The SMILES string of the molecule is CN(CCOc1ccccc1)C(=O)[C@@H]1CCC(=O)N[C@H](Cc2ccccc2)C(=O)N(C)CCOc2ccccc2C(=O)N1. The summed E-state index contributed by atoms with van der Waals surface area (Å²) in [6.07, 6.45) is 0.263. The van der Waals surface area contributed by atoms with E-state index in [4.69, 9.17) is 9.47 Å². The van der Waals surface area contributed by atoms with Gasteiger partial charge in [0, 0.05) is 26.9 Å². The summed E-state index contributed by atoms with van der Waals surface area (Å²) in [6, 6.07) is 23.6. The molecule has 1 aliphatic rings. The summed E-state index contributed by atoms with van der Waals surface area (Å²) < 4.78 is 11.6. The van der Waals surface area contributed by atoms with Gasteiger partial charge in [-0.25, -0.2) is 0 Å². The fourth-order valence-electron chi connectivity index (χ4n) is 4.73. The number of rotatable bonds is 7. The van der Waals surface area contributed by atoms with Gasteiger partial charge in [0.25, 0.3) is 5.91 Å². The highest BCUT2D eigenvalue weighted by Crippen LogP contribution is 2.19. The van der Waals surface area contributed by atoms with Gasteiger partial charge in [-0.3, -0.25) is 19.2 Å². The molecule has 0 saturated carbocycles. The molecule has 4 rings (SSSR count). The minimum Gasteiger partial charge on any atom is -0.492 e. The number of ether oxygens (including phenoxy) is 2. The number of nitrogens with one attached hydrogen (secondary N) is 2. The normalized spacial score (nSPS) is 18.2. The lowest BCUT2D eigenvalue weighted by molar-refractivity contribution is -0.136. The van der Waals surface area contributed by atoms with Crippen molar-refractivity contribution in [2.24, 2.45) is 0 Å². The molecule has 3 aromatic rings. The number of nitrogens with zero attached hydrogens (tertiary/aromatic N) is 2. The van der Waals surface area contributed by atoms with Crippen LogP contribution in [0.3, 0.4) is 0 Å². The van der Waals surface area contributed by atoms with Gasteiger partial charge in [0.1, 0.15) is 36.8 Å². The minimum absolute atomic E-state index is 0.0331. The molecule has 226 valence electrons. The highest BCUT2D eigenvalue weighted by atomic mass is 16.5. The average Bonchev–Trinajstić information content (AvgIpc) is 3.02. The Hall–Kier alpha value is -4.86. The maximum atomic E-state index is 13.5. The first kappa shape index (κ1) is 31.1. The standard InChI is InChI=1S/C33H38N4O6/c1-36(19-21-42-25-13-7-4-8-14-25)32(40)27-17-18-30(38)34-28(23-24-11-5-3-6-12-24)33(41)37(2)20-22-43-29-16-10-9-15-26(29)31(39)35-27/h3-16,27-28H,17-23H2,1-2H3,(H,34,38)(H,35,39)/t27-,28+/m0/s1. The lowest BCUT2D eigenvalue weighted by Gasteiger charge is -2.26. The Kier molecular flexibility index (Phi) is 11.1. The predicted octanol–water partition coefficient (Wildman–Crippen LogP) is 2.68. The summed E-state index contributed by atoms with van der Waals surface area (Å²) in [5.41, 5.74) is 1.16. The minimum atomic E-state index is -0.996. The van der Waals surface area contributed by atoms with Crippen molar-refractivity contribution < 1.29 is 28.7 Å². The number of benzene rings is 3. The van der Waals surface area contributed by atoms with Gasteiger partial charge in [0.15, 0.2) is 0 Å². The molecule has 1 aliphatic heterocycles. The van der Waals surface area contributed by atoms with Crippen LogP contribution >= 0.6 is 0 Å². The monoisotopic (exact) mass is 586 g/mol. The van der Waals surface area contributed by atoms with Crippen LogP contribution < -0.4 is 20.1 Å². The number of likely N-dealkylation sites (N-methyl/N-ethyl adjacent to an activating group) is 2. The molecule has 1 heterocycles. The van der Waals surface area contributed by atoms with Gasteiger partial charge >= 0.3 is 0 Å². The van der Waals surface area contributed by atoms with Crippen LogP contribution in [0.25, 0.3) is 0 Å². The van der Waals surface area contributed by atoms with Gasteiger partial charge in [0.2, 0.25) is 17.7 Å². The fraction of sp³-hybridized carbons (Fsp3) is 0.333. The molecule has 0 radical (unpaired) electrons. The van der Waals surface area contributed by atoms with E-state index in [0.717, 1.165) is 5.56 Å². The largest absolute Gasteiger partial charge is 0.492 e. The topological polar surface area (TPSA) is 117 Å². The second-order valence-electron chi connectivity index (χ2n) is 10.4. The van der Waals surface area contributed by atoms with Gasteiger partial charge in [-0.05, 0) is 36.2 Å². The van der Waals surface area contributed by atoms with Gasteiger partial charge in [0.05, 0.1) is 18.7 Å². The van der Waals surface area contributed by atoms with Crippen LogP contribution in [0.5, 0.6) is 11.5 Å². The summed E-state index contributed by atoms with van der Waals surface area (Å²) in [4.78, 5) is 56.5. The van der Waals surface area contributed by atoms with Crippen LogP contribution in [-0.2, 0) is 20.8 Å². The first-order valence-corrected chi connectivity index (χ1v) is 14.4. The molecule has 10 heteroatoms. The van der Waals surface area contributed by atoms with Crippen LogP contribution in [0.1, 0.15) is 28.8 Å². The molecule has 2 atom stereocenters. The molecule has 10 nitrogen and oxygen atoms in total. The van der Waals surface area contributed by atoms with Crippen molar-refractivity contribution in [3.05, 3.63) is 96.1 Å². The number of fused-ring (bicyclic) bond motifs is 1. The Morgan fingerprint density at radius 2 is 1.63 bits per heavy atom. The van der Waals surface area contributed by atoms with Gasteiger partial charge < -0.3 is 29.9 Å². The fourth-order valence-corrected chi connectivity index (χ4v) is 4.73. The van der Waals surface area contributed by atoms with E-state index in [-0.39, 0.29) is 56.5 Å². The van der Waals surface area contributed by atoms with E-state index in [1.54, 1.807) is 38.4 Å². The highest BCUT2D eigenvalue weighted by Gasteiger charge is 2.29. The molecule has 4 amide bonds. The molecule has 0 unspecified atom stereocenters. The summed E-state index contributed by atoms with van der Waals surface area (Å²) in [5, 5.41) is 5.67. The number of amides is 4. The zero-order chi connectivity index (χ0) is 30.6. The molecule has 3 aromatic carbocycles. The number of para-hydroxylation sites is 2. The molecule has 0 bridgehead atoms.